The number of carbonyl (C=O) groups excluding carboxylic acids is 1. The zero-order valence-corrected chi connectivity index (χ0v) is 10.8. The van der Waals surface area contributed by atoms with Gasteiger partial charge in [0.1, 0.15) is 6.54 Å². The summed E-state index contributed by atoms with van der Waals surface area (Å²) in [4.78, 5) is 35.4. The summed E-state index contributed by atoms with van der Waals surface area (Å²) in [5.41, 5.74) is -0.159. The molecule has 0 aliphatic heterocycles. The smallest absolute Gasteiger partial charge is 0.323 e. The molecular weight excluding hydrogens is 252 g/mol. The third kappa shape index (κ3) is 4.22. The van der Waals surface area contributed by atoms with Crippen molar-refractivity contribution in [3.05, 3.63) is 34.2 Å². The van der Waals surface area contributed by atoms with Crippen LogP contribution in [0.5, 0.6) is 0 Å². The Balaban J connectivity index is 2.93. The molecule has 0 saturated carbocycles. The highest BCUT2D eigenvalue weighted by molar-refractivity contribution is 5.95. The number of methoxy groups -OCH3 is 1. The molecule has 0 radical (unpaired) electrons. The Morgan fingerprint density at radius 2 is 2.16 bits per heavy atom. The van der Waals surface area contributed by atoms with Crippen molar-refractivity contribution in [2.24, 2.45) is 7.05 Å². The molecule has 0 saturated heterocycles. The molecule has 7 nitrogen and oxygen atoms in total. The largest absolute Gasteiger partial charge is 0.480 e. The van der Waals surface area contributed by atoms with Crippen LogP contribution in [0.3, 0.4) is 0 Å². The molecule has 0 unspecified atom stereocenters. The van der Waals surface area contributed by atoms with Gasteiger partial charge in [-0.2, -0.15) is 0 Å². The SMILES string of the molecule is COCCN(CC(=O)O)C(=O)c1ccn(C)c(=O)c1. The van der Waals surface area contributed by atoms with Crippen molar-refractivity contribution in [3.8, 4) is 0 Å². The van der Waals surface area contributed by atoms with E-state index < -0.39 is 18.4 Å². The number of aryl methyl sites for hydroxylation is 1. The van der Waals surface area contributed by atoms with E-state index in [1.807, 2.05) is 0 Å². The fourth-order valence-corrected chi connectivity index (χ4v) is 1.48. The number of carbonyl (C=O) groups is 2. The Bertz CT molecular complexity index is 523. The number of carboxylic acid groups (broad SMARTS) is 1. The lowest BCUT2D eigenvalue weighted by Gasteiger charge is -2.20. The van der Waals surface area contributed by atoms with Crippen molar-refractivity contribution in [2.75, 3.05) is 26.8 Å². The number of nitrogens with zero attached hydrogens (tertiary/aromatic N) is 2. The molecule has 1 amide bonds. The monoisotopic (exact) mass is 268 g/mol. The summed E-state index contributed by atoms with van der Waals surface area (Å²) < 4.78 is 6.16. The molecule has 1 aromatic heterocycles. The number of rotatable bonds is 6. The van der Waals surface area contributed by atoms with Gasteiger partial charge in [-0.05, 0) is 6.07 Å². The maximum atomic E-state index is 12.1. The summed E-state index contributed by atoms with van der Waals surface area (Å²) in [6.07, 6.45) is 1.46. The van der Waals surface area contributed by atoms with Crippen LogP contribution in [-0.4, -0.2) is 53.3 Å². The van der Waals surface area contributed by atoms with Gasteiger partial charge in [-0.3, -0.25) is 14.4 Å². The first-order chi connectivity index (χ1) is 8.95. The normalized spacial score (nSPS) is 10.2. The van der Waals surface area contributed by atoms with Crippen LogP contribution in [0.15, 0.2) is 23.1 Å². The minimum Gasteiger partial charge on any atom is -0.480 e. The maximum Gasteiger partial charge on any atom is 0.323 e. The van der Waals surface area contributed by atoms with E-state index in [9.17, 15) is 14.4 Å². The van der Waals surface area contributed by atoms with Gasteiger partial charge in [0.2, 0.25) is 0 Å². The number of hydrogen-bond acceptors (Lipinski definition) is 4. The number of amides is 1. The molecule has 7 heteroatoms. The number of aliphatic carboxylic acids is 1. The number of carboxylic acids is 1. The second-order valence-electron chi connectivity index (χ2n) is 3.98. The van der Waals surface area contributed by atoms with Crippen LogP contribution in [0, 0.1) is 0 Å². The van der Waals surface area contributed by atoms with Gasteiger partial charge >= 0.3 is 5.97 Å². The van der Waals surface area contributed by atoms with Crippen molar-refractivity contribution in [1.29, 1.82) is 0 Å². The Morgan fingerprint density at radius 3 is 2.68 bits per heavy atom. The van der Waals surface area contributed by atoms with Gasteiger partial charge in [0.25, 0.3) is 11.5 Å². The van der Waals surface area contributed by atoms with Crippen LogP contribution in [-0.2, 0) is 16.6 Å². The Labute approximate surface area is 110 Å². The van der Waals surface area contributed by atoms with E-state index >= 15 is 0 Å². The third-order valence-corrected chi connectivity index (χ3v) is 2.53. The molecule has 1 rings (SSSR count). The van der Waals surface area contributed by atoms with Gasteiger partial charge in [0.05, 0.1) is 6.61 Å². The summed E-state index contributed by atoms with van der Waals surface area (Å²) in [6.45, 7) is -0.0574. The molecule has 0 spiro atoms. The highest BCUT2D eigenvalue weighted by Crippen LogP contribution is 2.02. The first kappa shape index (κ1) is 14.9. The number of ether oxygens (including phenoxy) is 1. The molecule has 0 bridgehead atoms. The number of aromatic nitrogens is 1. The highest BCUT2D eigenvalue weighted by Gasteiger charge is 2.18. The number of pyridine rings is 1. The molecule has 0 fully saturated rings. The fourth-order valence-electron chi connectivity index (χ4n) is 1.48. The van der Waals surface area contributed by atoms with E-state index in [4.69, 9.17) is 9.84 Å². The van der Waals surface area contributed by atoms with Crippen molar-refractivity contribution < 1.29 is 19.4 Å². The molecule has 0 aliphatic carbocycles. The van der Waals surface area contributed by atoms with E-state index in [1.165, 1.54) is 30.0 Å². The van der Waals surface area contributed by atoms with Gasteiger partial charge in [-0.1, -0.05) is 0 Å². The van der Waals surface area contributed by atoms with E-state index in [2.05, 4.69) is 0 Å². The summed E-state index contributed by atoms with van der Waals surface area (Å²) in [5.74, 6) is -1.62. The summed E-state index contributed by atoms with van der Waals surface area (Å²) in [5, 5.41) is 8.78. The average molecular weight is 268 g/mol. The van der Waals surface area contributed by atoms with Crippen LogP contribution < -0.4 is 5.56 Å². The van der Waals surface area contributed by atoms with Gasteiger partial charge in [0, 0.05) is 38.5 Å². The average Bonchev–Trinajstić information content (AvgIpc) is 2.36. The molecular formula is C12H16N2O5. The minimum absolute atomic E-state index is 0.150. The maximum absolute atomic E-state index is 12.1. The van der Waals surface area contributed by atoms with Crippen molar-refractivity contribution in [1.82, 2.24) is 9.47 Å². The molecule has 1 aromatic rings. The minimum atomic E-state index is -1.12. The van der Waals surface area contributed by atoms with Crippen molar-refractivity contribution >= 4 is 11.9 Å². The Morgan fingerprint density at radius 1 is 1.47 bits per heavy atom. The zero-order chi connectivity index (χ0) is 14.4. The molecule has 0 aromatic carbocycles. The van der Waals surface area contributed by atoms with E-state index in [0.29, 0.717) is 0 Å². The lowest BCUT2D eigenvalue weighted by atomic mass is 10.2. The Hall–Kier alpha value is -2.15. The van der Waals surface area contributed by atoms with E-state index in [-0.39, 0.29) is 24.3 Å². The third-order valence-electron chi connectivity index (χ3n) is 2.53. The number of hydrogen-bond donors (Lipinski definition) is 1. The second-order valence-corrected chi connectivity index (χ2v) is 3.98. The van der Waals surface area contributed by atoms with E-state index in [0.717, 1.165) is 4.90 Å². The predicted octanol–water partition coefficient (Wildman–Crippen LogP) is -0.442. The molecule has 1 heterocycles. The van der Waals surface area contributed by atoms with Crippen LogP contribution in [0.2, 0.25) is 0 Å². The first-order valence-electron chi connectivity index (χ1n) is 5.62. The van der Waals surface area contributed by atoms with Crippen molar-refractivity contribution in [2.45, 2.75) is 0 Å². The quantitative estimate of drug-likeness (QED) is 0.755. The van der Waals surface area contributed by atoms with Crippen molar-refractivity contribution in [3.63, 3.8) is 0 Å². The van der Waals surface area contributed by atoms with Crippen LogP contribution >= 0.6 is 0 Å². The lowest BCUT2D eigenvalue weighted by molar-refractivity contribution is -0.137. The molecule has 0 aliphatic rings. The fraction of sp³-hybridized carbons (Fsp3) is 0.417. The molecule has 0 atom stereocenters. The van der Waals surface area contributed by atoms with Gasteiger partial charge in [0.15, 0.2) is 0 Å². The molecule has 19 heavy (non-hydrogen) atoms. The summed E-state index contributed by atoms with van der Waals surface area (Å²) >= 11 is 0. The molecule has 1 N–H and O–H groups in total. The highest BCUT2D eigenvalue weighted by atomic mass is 16.5. The van der Waals surface area contributed by atoms with Crippen LogP contribution in [0.4, 0.5) is 0 Å². The van der Waals surface area contributed by atoms with Gasteiger partial charge in [-0.25, -0.2) is 0 Å². The first-order valence-corrected chi connectivity index (χ1v) is 5.62. The van der Waals surface area contributed by atoms with Crippen LogP contribution in [0.25, 0.3) is 0 Å². The summed E-state index contributed by atoms with van der Waals surface area (Å²) in [6, 6.07) is 2.66. The summed E-state index contributed by atoms with van der Waals surface area (Å²) in [7, 11) is 3.03. The predicted molar refractivity (Wildman–Crippen MR) is 67.1 cm³/mol. The van der Waals surface area contributed by atoms with Gasteiger partial charge < -0.3 is 19.3 Å². The molecule has 104 valence electrons. The topological polar surface area (TPSA) is 88.8 Å². The standard InChI is InChI=1S/C12H16N2O5/c1-13-4-3-9(7-10(13)15)12(18)14(5-6-19-2)8-11(16)17/h3-4,7H,5-6,8H2,1-2H3,(H,16,17). The lowest BCUT2D eigenvalue weighted by Crippen LogP contribution is -2.38. The van der Waals surface area contributed by atoms with Crippen LogP contribution in [0.1, 0.15) is 10.4 Å². The van der Waals surface area contributed by atoms with E-state index in [1.54, 1.807) is 7.05 Å². The second kappa shape index (κ2) is 6.69. The Kier molecular flexibility index (Phi) is 5.25. The zero-order valence-electron chi connectivity index (χ0n) is 10.8. The van der Waals surface area contributed by atoms with Gasteiger partial charge in [-0.15, -0.1) is 0 Å².